The van der Waals surface area contributed by atoms with Gasteiger partial charge < -0.3 is 15.1 Å². The van der Waals surface area contributed by atoms with Crippen LogP contribution in [-0.4, -0.2) is 74.2 Å². The minimum atomic E-state index is -0.756. The molecule has 3 heterocycles. The molecule has 184 valence electrons. The second-order valence-electron chi connectivity index (χ2n) is 11.5. The molecule has 3 fully saturated rings. The summed E-state index contributed by atoms with van der Waals surface area (Å²) in [6.45, 7) is 5.84. The molecule has 2 N–H and O–H groups in total. The molecule has 0 amide bonds. The molecule has 6 nitrogen and oxygen atoms in total. The van der Waals surface area contributed by atoms with Crippen molar-refractivity contribution in [2.45, 2.75) is 62.1 Å². The summed E-state index contributed by atoms with van der Waals surface area (Å²) in [7, 11) is 0. The normalized spacial score (nSPS) is 31.2. The molecule has 0 radical (unpaired) electrons. The van der Waals surface area contributed by atoms with Crippen molar-refractivity contribution < 1.29 is 10.2 Å². The summed E-state index contributed by atoms with van der Waals surface area (Å²) in [5.74, 6) is 1.14. The molecule has 2 aliphatic carbocycles. The molecule has 0 unspecified atom stereocenters. The Morgan fingerprint density at radius 2 is 1.80 bits per heavy atom. The number of rotatable bonds is 5. The fourth-order valence-corrected chi connectivity index (χ4v) is 7.58. The molecule has 2 aliphatic heterocycles. The van der Waals surface area contributed by atoms with E-state index in [0.29, 0.717) is 5.75 Å². The molecule has 35 heavy (non-hydrogen) atoms. The van der Waals surface area contributed by atoms with Crippen molar-refractivity contribution in [1.82, 2.24) is 19.6 Å². The molecule has 2 bridgehead atoms. The number of aliphatic hydroxyl groups is 1. The zero-order valence-corrected chi connectivity index (χ0v) is 20.4. The smallest absolute Gasteiger partial charge is 0.115 e. The van der Waals surface area contributed by atoms with Crippen molar-refractivity contribution in [2.24, 2.45) is 5.92 Å². The molecule has 2 aromatic carbocycles. The number of hydrogen-bond acceptors (Lipinski definition) is 5. The van der Waals surface area contributed by atoms with Gasteiger partial charge in [-0.15, -0.1) is 0 Å². The van der Waals surface area contributed by atoms with E-state index in [9.17, 15) is 10.2 Å². The van der Waals surface area contributed by atoms with Crippen LogP contribution in [0.15, 0.2) is 48.7 Å². The Bertz CT molecular complexity index is 1250. The van der Waals surface area contributed by atoms with Crippen LogP contribution >= 0.6 is 0 Å². The van der Waals surface area contributed by atoms with Crippen LogP contribution in [0.5, 0.6) is 5.75 Å². The van der Waals surface area contributed by atoms with Crippen LogP contribution < -0.4 is 0 Å². The molecule has 2 saturated heterocycles. The van der Waals surface area contributed by atoms with E-state index in [-0.39, 0.29) is 11.5 Å². The van der Waals surface area contributed by atoms with E-state index >= 15 is 0 Å². The van der Waals surface area contributed by atoms with Crippen LogP contribution in [0, 0.1) is 5.92 Å². The lowest BCUT2D eigenvalue weighted by molar-refractivity contribution is -0.149. The monoisotopic (exact) mass is 472 g/mol. The lowest BCUT2D eigenvalue weighted by Crippen LogP contribution is -2.71. The first-order chi connectivity index (χ1) is 17.1. The van der Waals surface area contributed by atoms with E-state index in [1.165, 1.54) is 34.9 Å². The highest BCUT2D eigenvalue weighted by Gasteiger charge is 2.63. The van der Waals surface area contributed by atoms with Gasteiger partial charge in [0, 0.05) is 36.5 Å². The van der Waals surface area contributed by atoms with Crippen molar-refractivity contribution in [3.05, 3.63) is 59.8 Å². The predicted octanol–water partition coefficient (Wildman–Crippen LogP) is 3.55. The maximum atomic E-state index is 12.6. The number of aromatic hydroxyl groups is 1. The minimum absolute atomic E-state index is 0.170. The first-order valence-electron chi connectivity index (χ1n) is 13.5. The first kappa shape index (κ1) is 21.8. The Kier molecular flexibility index (Phi) is 5.02. The van der Waals surface area contributed by atoms with E-state index in [4.69, 9.17) is 0 Å². The highest BCUT2D eigenvalue weighted by Crippen LogP contribution is 2.56. The summed E-state index contributed by atoms with van der Waals surface area (Å²) >= 11 is 0. The van der Waals surface area contributed by atoms with Crippen LogP contribution in [-0.2, 0) is 18.4 Å². The van der Waals surface area contributed by atoms with Crippen molar-refractivity contribution in [3.63, 3.8) is 0 Å². The zero-order valence-electron chi connectivity index (χ0n) is 20.4. The van der Waals surface area contributed by atoms with Gasteiger partial charge in [0.1, 0.15) is 5.75 Å². The number of nitrogens with zero attached hydrogens (tertiary/aromatic N) is 4. The van der Waals surface area contributed by atoms with E-state index < -0.39 is 5.60 Å². The third-order valence-electron chi connectivity index (χ3n) is 9.70. The average Bonchev–Trinajstić information content (AvgIpc) is 3.61. The van der Waals surface area contributed by atoms with Gasteiger partial charge in [0.25, 0.3) is 0 Å². The summed E-state index contributed by atoms with van der Waals surface area (Å²) in [6, 6.07) is 14.5. The Balaban J connectivity index is 1.18. The third kappa shape index (κ3) is 3.45. The van der Waals surface area contributed by atoms with E-state index in [0.717, 1.165) is 70.9 Å². The summed E-state index contributed by atoms with van der Waals surface area (Å²) in [5.41, 5.74) is 2.69. The van der Waals surface area contributed by atoms with Crippen LogP contribution in [0.1, 0.15) is 43.2 Å². The largest absolute Gasteiger partial charge is 0.508 e. The Morgan fingerprint density at radius 1 is 0.971 bits per heavy atom. The second kappa shape index (κ2) is 8.05. The second-order valence-corrected chi connectivity index (χ2v) is 11.5. The molecule has 3 atom stereocenters. The number of benzene rings is 2. The molecule has 3 aromatic rings. The molecule has 6 heteroatoms. The van der Waals surface area contributed by atoms with E-state index in [1.807, 2.05) is 18.3 Å². The van der Waals surface area contributed by atoms with Gasteiger partial charge >= 0.3 is 0 Å². The molecule has 1 saturated carbocycles. The van der Waals surface area contributed by atoms with Crippen LogP contribution in [0.2, 0.25) is 0 Å². The van der Waals surface area contributed by atoms with Gasteiger partial charge in [0.2, 0.25) is 0 Å². The van der Waals surface area contributed by atoms with Crippen molar-refractivity contribution in [3.8, 4) is 5.75 Å². The van der Waals surface area contributed by atoms with Gasteiger partial charge in [0.15, 0.2) is 0 Å². The number of phenols is 1. The quantitative estimate of drug-likeness (QED) is 0.595. The van der Waals surface area contributed by atoms with Crippen LogP contribution in [0.4, 0.5) is 0 Å². The van der Waals surface area contributed by atoms with Gasteiger partial charge in [0.05, 0.1) is 23.9 Å². The fourth-order valence-electron chi connectivity index (χ4n) is 7.58. The highest BCUT2D eigenvalue weighted by molar-refractivity contribution is 5.78. The number of likely N-dealkylation sites (tertiary alicyclic amines) is 2. The van der Waals surface area contributed by atoms with E-state index in [1.54, 1.807) is 0 Å². The standard InChI is InChI=1S/C29H36N4O2/c34-24-8-7-22-17-27-29(35)11-13-31(15-16-33-26-4-2-1-3-23(26)19-30-33)12-9-28(29,25(22)18-24)10-14-32(27)20-21-5-6-21/h1-4,7-8,18-19,21,27,34-35H,5-6,9-17,20H2/t27-,28+,29-/m1/s1. The highest BCUT2D eigenvalue weighted by atomic mass is 16.3. The summed E-state index contributed by atoms with van der Waals surface area (Å²) in [4.78, 5) is 5.15. The van der Waals surface area contributed by atoms with Gasteiger partial charge in [-0.3, -0.25) is 9.58 Å². The summed E-state index contributed by atoms with van der Waals surface area (Å²) in [5, 5.41) is 28.9. The predicted molar refractivity (Wildman–Crippen MR) is 137 cm³/mol. The lowest BCUT2D eigenvalue weighted by Gasteiger charge is -2.61. The first-order valence-corrected chi connectivity index (χ1v) is 13.5. The van der Waals surface area contributed by atoms with Gasteiger partial charge in [-0.1, -0.05) is 24.3 Å². The number of aromatic nitrogens is 2. The topological polar surface area (TPSA) is 64.8 Å². The van der Waals surface area contributed by atoms with Gasteiger partial charge in [-0.2, -0.15) is 5.10 Å². The van der Waals surface area contributed by atoms with Crippen molar-refractivity contribution in [1.29, 1.82) is 0 Å². The van der Waals surface area contributed by atoms with Crippen molar-refractivity contribution in [2.75, 3.05) is 32.7 Å². The van der Waals surface area contributed by atoms with E-state index in [2.05, 4.69) is 49.9 Å². The molecular weight excluding hydrogens is 436 g/mol. The molecule has 1 aromatic heterocycles. The summed E-state index contributed by atoms with van der Waals surface area (Å²) < 4.78 is 2.11. The molecule has 4 aliphatic rings. The Morgan fingerprint density at radius 3 is 2.69 bits per heavy atom. The van der Waals surface area contributed by atoms with Crippen LogP contribution in [0.3, 0.4) is 0 Å². The van der Waals surface area contributed by atoms with Crippen molar-refractivity contribution >= 4 is 10.9 Å². The maximum Gasteiger partial charge on any atom is 0.115 e. The molecule has 7 rings (SSSR count). The average molecular weight is 473 g/mol. The van der Waals surface area contributed by atoms with Crippen LogP contribution in [0.25, 0.3) is 10.9 Å². The third-order valence-corrected chi connectivity index (χ3v) is 9.70. The number of hydrogen-bond donors (Lipinski definition) is 2. The number of phenolic OH excluding ortho intramolecular Hbond substituents is 1. The number of piperidine rings is 1. The number of para-hydroxylation sites is 1. The summed E-state index contributed by atoms with van der Waals surface area (Å²) in [6.07, 6.45) is 8.22. The van der Waals surface area contributed by atoms with Gasteiger partial charge in [-0.25, -0.2) is 0 Å². The Labute approximate surface area is 207 Å². The molecular formula is C29H36N4O2. The Hall–Kier alpha value is -2.41. The van der Waals surface area contributed by atoms with Gasteiger partial charge in [-0.05, 0) is 86.9 Å². The fraction of sp³-hybridized carbons (Fsp3) is 0.552. The molecule has 0 spiro atoms. The number of fused-ring (bicyclic) bond motifs is 2. The zero-order chi connectivity index (χ0) is 23.6. The SMILES string of the molecule is Oc1ccc2c(c1)[C@@]13CCN(CCn4ncc5ccccc54)CC[C@@]1(O)[C@@H](C2)N(CC1CC1)CC3. The minimum Gasteiger partial charge on any atom is -0.508 e. The lowest BCUT2D eigenvalue weighted by atomic mass is 9.52. The maximum absolute atomic E-state index is 12.6.